The van der Waals surface area contributed by atoms with Gasteiger partial charge in [0, 0.05) is 0 Å². The first kappa shape index (κ1) is 30.2. The normalized spacial score (nSPS) is 5.36. The van der Waals surface area contributed by atoms with E-state index in [1.165, 1.54) is 0 Å². The van der Waals surface area contributed by atoms with Crippen molar-refractivity contribution in [1.82, 2.24) is 0 Å². The molecule has 0 N–H and O–H groups in total. The van der Waals surface area contributed by atoms with Crippen LogP contribution in [0.1, 0.15) is 0 Å². The molecular weight excluding hydrogens is 781 g/mol. The van der Waals surface area contributed by atoms with Crippen LogP contribution in [0, 0.1) is 0 Å². The van der Waals surface area contributed by atoms with Crippen LogP contribution in [-0.2, 0) is 75.9 Å². The van der Waals surface area contributed by atoms with Crippen molar-refractivity contribution < 1.29 is 106 Å². The molecule has 0 unspecified atom stereocenters. The number of hydrogen-bond acceptors (Lipinski definition) is 9. The Bertz CT molecular complexity index is 213. The molecule has 0 fully saturated rings. The molecule has 9 nitrogen and oxygen atoms in total. The fraction of sp³-hybridized carbons (Fsp3) is 0. The zero-order valence-corrected chi connectivity index (χ0v) is 19.8. The molecule has 0 radical (unpaired) electrons. The van der Waals surface area contributed by atoms with E-state index >= 15 is 0 Å². The van der Waals surface area contributed by atoms with Crippen molar-refractivity contribution in [3.63, 3.8) is 0 Å². The van der Waals surface area contributed by atoms with Gasteiger partial charge in [-0.3, -0.25) is 0 Å². The SMILES string of the molecule is [Li+].[O]=[Ta](=[O])[O-].[O]=[Ta](=[O])[O-].[O]=[Ta](=[O])[O-].[Sr+2]. The molecule has 0 aromatic rings. The minimum absolute atomic E-state index is 0. The molecule has 0 aromatic heterocycles. The van der Waals surface area contributed by atoms with Gasteiger partial charge >= 0.3 is 151 Å². The van der Waals surface area contributed by atoms with Crippen molar-refractivity contribution in [2.24, 2.45) is 0 Å². The molecule has 0 spiro atoms. The van der Waals surface area contributed by atoms with Crippen molar-refractivity contribution in [1.29, 1.82) is 0 Å². The van der Waals surface area contributed by atoms with E-state index in [4.69, 9.17) is 30.3 Å². The average Bonchev–Trinajstić information content (AvgIpc) is 1.54. The van der Waals surface area contributed by atoms with Gasteiger partial charge in [-0.15, -0.1) is 0 Å². The Morgan fingerprint density at radius 1 is 0.571 bits per heavy atom. The Balaban J connectivity index is -0.0000000270. The second-order valence-electron chi connectivity index (χ2n) is 0.671. The van der Waals surface area contributed by atoms with Crippen LogP contribution in [0.2, 0.25) is 0 Å². The van der Waals surface area contributed by atoms with E-state index in [9.17, 15) is 0 Å². The summed E-state index contributed by atoms with van der Waals surface area (Å²) in [5.74, 6) is 0. The summed E-state index contributed by atoms with van der Waals surface area (Å²) in [6, 6.07) is 0. The van der Waals surface area contributed by atoms with Gasteiger partial charge in [0.2, 0.25) is 0 Å². The van der Waals surface area contributed by atoms with Gasteiger partial charge in [0.1, 0.15) is 0 Å². The predicted octanol–water partition coefficient (Wildman–Crippen LogP) is -7.66. The van der Waals surface area contributed by atoms with Crippen LogP contribution in [0.25, 0.3) is 0 Å². The topological polar surface area (TPSA) is 172 Å². The molecule has 0 aliphatic rings. The zero-order chi connectivity index (χ0) is 10.7. The molecule has 0 heterocycles. The van der Waals surface area contributed by atoms with E-state index in [0.717, 1.165) is 0 Å². The van der Waals surface area contributed by atoms with E-state index in [-0.39, 0.29) is 64.3 Å². The van der Waals surface area contributed by atoms with E-state index in [0.29, 0.717) is 0 Å². The van der Waals surface area contributed by atoms with Gasteiger partial charge in [0.25, 0.3) is 0 Å². The van der Waals surface area contributed by atoms with Crippen molar-refractivity contribution in [3.8, 4) is 0 Å². The van der Waals surface area contributed by atoms with Gasteiger partial charge in [-0.05, 0) is 0 Å². The van der Waals surface area contributed by atoms with Crippen molar-refractivity contribution in [2.45, 2.75) is 0 Å². The van der Waals surface area contributed by atoms with Gasteiger partial charge in [-0.25, -0.2) is 0 Å². The van der Waals surface area contributed by atoms with E-state index < -0.39 is 56.4 Å². The summed E-state index contributed by atoms with van der Waals surface area (Å²) in [7, 11) is 0. The second kappa shape index (κ2) is 25.0. The quantitative estimate of drug-likeness (QED) is 0.217. The average molecular weight is 781 g/mol. The summed E-state index contributed by atoms with van der Waals surface area (Å²) >= 11 is -13.0. The molecule has 72 valence electrons. The smallest absolute Gasteiger partial charge is 2.00 e. The largest absolute Gasteiger partial charge is 2.00 e. The molecule has 0 atom stereocenters. The summed E-state index contributed by atoms with van der Waals surface area (Å²) in [6.07, 6.45) is 0. The maximum atomic E-state index is 8.62. The maximum Gasteiger partial charge on any atom is 2.00 e. The minimum atomic E-state index is -4.34. The molecular formula is LiO9SrTa3. The summed E-state index contributed by atoms with van der Waals surface area (Å²) in [6.45, 7) is 0. The Hall–Kier alpha value is 2.98. The van der Waals surface area contributed by atoms with Crippen molar-refractivity contribution in [3.05, 3.63) is 0 Å². The molecule has 14 heavy (non-hydrogen) atoms. The summed E-state index contributed by atoms with van der Waals surface area (Å²) in [4.78, 5) is 0. The van der Waals surface area contributed by atoms with Crippen LogP contribution >= 0.6 is 0 Å². The van der Waals surface area contributed by atoms with Gasteiger partial charge in [-0.2, -0.15) is 0 Å². The molecule has 0 bridgehead atoms. The van der Waals surface area contributed by atoms with Crippen LogP contribution in [0.4, 0.5) is 0 Å². The molecule has 14 heteroatoms. The first-order valence-corrected chi connectivity index (χ1v) is 13.4. The zero-order valence-electron chi connectivity index (χ0n) is 6.72. The van der Waals surface area contributed by atoms with Gasteiger partial charge in [0.15, 0.2) is 0 Å². The number of rotatable bonds is 0. The van der Waals surface area contributed by atoms with Crippen LogP contribution < -0.4 is 29.7 Å². The summed E-state index contributed by atoms with van der Waals surface area (Å²) in [5, 5.41) is 0. The third kappa shape index (κ3) is 330. The number of hydrogen-bond donors (Lipinski definition) is 0. The van der Waals surface area contributed by atoms with Gasteiger partial charge in [-0.1, -0.05) is 0 Å². The van der Waals surface area contributed by atoms with Crippen LogP contribution in [-0.4, -0.2) is 45.5 Å². The molecule has 0 saturated carbocycles. The van der Waals surface area contributed by atoms with E-state index in [1.807, 2.05) is 0 Å². The minimum Gasteiger partial charge on any atom is 2.00 e. The van der Waals surface area contributed by atoms with Gasteiger partial charge < -0.3 is 0 Å². The fourth-order valence-electron chi connectivity index (χ4n) is 0. The second-order valence-corrected chi connectivity index (χ2v) is 5.49. The van der Waals surface area contributed by atoms with Crippen LogP contribution in [0.3, 0.4) is 0 Å². The standard InChI is InChI=1S/Li.9O.Sr.3Ta/q+1;;;;;;;3*-1;+2;;;. The first-order valence-electron chi connectivity index (χ1n) is 1.64. The predicted molar refractivity (Wildman–Crippen MR) is 9.87 cm³/mol. The van der Waals surface area contributed by atoms with Crippen LogP contribution in [0.5, 0.6) is 0 Å². The maximum absolute atomic E-state index is 8.62. The van der Waals surface area contributed by atoms with Crippen molar-refractivity contribution >= 4 is 45.5 Å². The van der Waals surface area contributed by atoms with E-state index in [2.05, 4.69) is 0 Å². The first-order chi connectivity index (χ1) is 5.20. The Morgan fingerprint density at radius 3 is 0.571 bits per heavy atom. The Kier molecular flexibility index (Phi) is 53.9. The van der Waals surface area contributed by atoms with Crippen molar-refractivity contribution in [2.75, 3.05) is 0 Å². The molecule has 0 aliphatic heterocycles. The third-order valence-corrected chi connectivity index (χ3v) is 0. The molecule has 0 rings (SSSR count). The molecule has 0 amide bonds. The third-order valence-electron chi connectivity index (χ3n) is 0. The molecule has 0 aliphatic carbocycles. The van der Waals surface area contributed by atoms with Gasteiger partial charge in [0.05, 0.1) is 0 Å². The monoisotopic (exact) mass is 782 g/mol. The summed E-state index contributed by atoms with van der Waals surface area (Å²) in [5.41, 5.74) is 0. The summed E-state index contributed by atoms with van der Waals surface area (Å²) < 4.78 is 77.6. The van der Waals surface area contributed by atoms with Crippen LogP contribution in [0.15, 0.2) is 0 Å². The molecule has 0 aromatic carbocycles. The molecule has 0 saturated heterocycles. The Morgan fingerprint density at radius 2 is 0.571 bits per heavy atom. The fourth-order valence-corrected chi connectivity index (χ4v) is 0. The Labute approximate surface area is 148 Å². The van der Waals surface area contributed by atoms with E-state index in [1.54, 1.807) is 0 Å².